The van der Waals surface area contributed by atoms with Crippen LogP contribution < -0.4 is 0 Å². The van der Waals surface area contributed by atoms with Crippen LogP contribution in [0.5, 0.6) is 0 Å². The van der Waals surface area contributed by atoms with Gasteiger partial charge in [-0.25, -0.2) is 10.2 Å². The third-order valence-corrected chi connectivity index (χ3v) is 9.51. The van der Waals surface area contributed by atoms with E-state index in [2.05, 4.69) is 0 Å². The van der Waals surface area contributed by atoms with Crippen LogP contribution in [0.15, 0.2) is 24.3 Å². The molecule has 0 atom stereocenters. The van der Waals surface area contributed by atoms with Crippen LogP contribution in [0.2, 0.25) is 0 Å². The molecule has 0 aromatic heterocycles. The van der Waals surface area contributed by atoms with E-state index in [0.29, 0.717) is 0 Å². The Labute approximate surface area is 192 Å². The number of isocyanates is 1. The van der Waals surface area contributed by atoms with Crippen LogP contribution >= 0.6 is 0 Å². The Kier molecular flexibility index (Phi) is 10.1. The van der Waals surface area contributed by atoms with E-state index in [-0.39, 0.29) is 11.1 Å². The smallest absolute Gasteiger partial charge is 0.285 e. The largest absolute Gasteiger partial charge is 0.285 e. The molecular weight excluding hydrogens is 530 g/mol. The van der Waals surface area contributed by atoms with Gasteiger partial charge in [0.25, 0.3) is 40.5 Å². The molecule has 14 nitrogen and oxygen atoms in total. The maximum atomic E-state index is 12.0. The summed E-state index contributed by atoms with van der Waals surface area (Å²) in [6.07, 6.45) is 0.750. The zero-order chi connectivity index (χ0) is 26.5. The lowest BCUT2D eigenvalue weighted by molar-refractivity contribution is 0.0917. The van der Waals surface area contributed by atoms with E-state index in [1.165, 1.54) is 52.0 Å². The molecule has 0 saturated carbocycles. The molecule has 0 spiro atoms. The maximum absolute atomic E-state index is 12.0. The molecule has 0 fully saturated rings. The number of hydrogen-bond donors (Lipinski definition) is 3. The van der Waals surface area contributed by atoms with Gasteiger partial charge in [-0.05, 0) is 38.8 Å². The second-order valence-electron chi connectivity index (χ2n) is 7.35. The minimum Gasteiger partial charge on any atom is -0.285 e. The van der Waals surface area contributed by atoms with Crippen LogP contribution in [0.25, 0.3) is 0 Å². The standard InChI is InChI=1S/C14H22O12S4.CHNO/c1-13(2,25-29(21,22)9-27(15,16)17)11-7-5-6-8-12(11)14(3,4)26-30(23,24)10-28(18,19)20;2-1-3/h5-8H,9-10H2,1-4H3,(H,15,16,17)(H,18,19,20);2H. The van der Waals surface area contributed by atoms with Gasteiger partial charge in [0.2, 0.25) is 16.2 Å². The Hall–Kier alpha value is -1.76. The first-order chi connectivity index (χ1) is 14.5. The van der Waals surface area contributed by atoms with Crippen molar-refractivity contribution in [3.8, 4) is 0 Å². The lowest BCUT2D eigenvalue weighted by atomic mass is 9.86. The highest BCUT2D eigenvalue weighted by atomic mass is 32.3. The van der Waals surface area contributed by atoms with Crippen LogP contribution in [0.3, 0.4) is 0 Å². The first kappa shape index (κ1) is 31.2. The van der Waals surface area contributed by atoms with Crippen LogP contribution in [-0.4, -0.2) is 59.0 Å². The number of benzene rings is 1. The average Bonchev–Trinajstić information content (AvgIpc) is 2.48. The van der Waals surface area contributed by atoms with Crippen LogP contribution in [0.4, 0.5) is 0 Å². The molecule has 1 rings (SSSR count). The van der Waals surface area contributed by atoms with Gasteiger partial charge in [0.15, 0.2) is 0 Å². The van der Waals surface area contributed by atoms with Gasteiger partial charge in [0.05, 0.1) is 0 Å². The van der Waals surface area contributed by atoms with Crippen molar-refractivity contribution in [3.05, 3.63) is 35.4 Å². The van der Waals surface area contributed by atoms with Crippen LogP contribution in [-0.2, 0) is 64.8 Å². The Morgan fingerprint density at radius 1 is 0.758 bits per heavy atom. The van der Waals surface area contributed by atoms with Crippen molar-refractivity contribution < 1.29 is 55.9 Å². The number of nitrogens with one attached hydrogen (secondary N) is 1. The van der Waals surface area contributed by atoms with Crippen molar-refractivity contribution in [1.29, 1.82) is 5.41 Å². The predicted molar refractivity (Wildman–Crippen MR) is 114 cm³/mol. The minimum atomic E-state index is -4.91. The minimum absolute atomic E-state index is 0.0657. The zero-order valence-corrected chi connectivity index (χ0v) is 21.0. The summed E-state index contributed by atoms with van der Waals surface area (Å²) in [6, 6.07) is 5.64. The van der Waals surface area contributed by atoms with Crippen LogP contribution in [0, 0.1) is 5.41 Å². The molecule has 3 N–H and O–H groups in total. The molecule has 0 aliphatic rings. The van der Waals surface area contributed by atoms with Gasteiger partial charge in [-0.2, -0.15) is 33.7 Å². The highest BCUT2D eigenvalue weighted by Gasteiger charge is 2.39. The number of carbonyl (C=O) groups excluding carboxylic acids is 1. The van der Waals surface area contributed by atoms with Gasteiger partial charge in [0, 0.05) is 0 Å². The van der Waals surface area contributed by atoms with Crippen molar-refractivity contribution in [1.82, 2.24) is 0 Å². The van der Waals surface area contributed by atoms with Gasteiger partial charge < -0.3 is 0 Å². The molecular formula is C15H23NO13S4. The summed E-state index contributed by atoms with van der Waals surface area (Å²) < 4.78 is 119. The van der Waals surface area contributed by atoms with Gasteiger partial charge >= 0.3 is 0 Å². The zero-order valence-electron chi connectivity index (χ0n) is 17.7. The highest BCUT2D eigenvalue weighted by molar-refractivity contribution is 8.03. The topological polar surface area (TPSA) is 236 Å². The Bertz CT molecular complexity index is 1210. The first-order valence-electron chi connectivity index (χ1n) is 8.38. The highest BCUT2D eigenvalue weighted by Crippen LogP contribution is 2.37. The SMILES string of the molecule is CC(C)(OS(=O)(=O)CS(=O)(=O)O)c1ccccc1C(C)(C)OS(=O)(=O)CS(=O)(=O)O.N=C=O. The van der Waals surface area contributed by atoms with Gasteiger partial charge in [-0.15, -0.1) is 0 Å². The van der Waals surface area contributed by atoms with E-state index >= 15 is 0 Å². The Morgan fingerprint density at radius 3 is 1.21 bits per heavy atom. The third kappa shape index (κ3) is 11.8. The second kappa shape index (κ2) is 10.7. The number of rotatable bonds is 10. The summed E-state index contributed by atoms with van der Waals surface area (Å²) in [5.74, 6) is 0. The molecule has 33 heavy (non-hydrogen) atoms. The molecule has 0 bridgehead atoms. The first-order valence-corrected chi connectivity index (χ1v) is 14.7. The summed E-state index contributed by atoms with van der Waals surface area (Å²) >= 11 is 0. The summed E-state index contributed by atoms with van der Waals surface area (Å²) in [5.41, 5.74) is -3.38. The molecule has 0 radical (unpaired) electrons. The normalized spacial score (nSPS) is 13.5. The lowest BCUT2D eigenvalue weighted by Gasteiger charge is -2.33. The Balaban J connectivity index is 0.00000322. The summed E-state index contributed by atoms with van der Waals surface area (Å²) in [7, 11) is -19.4. The van der Waals surface area contributed by atoms with Crippen molar-refractivity contribution in [2.75, 3.05) is 10.2 Å². The van der Waals surface area contributed by atoms with E-state index in [1.807, 2.05) is 0 Å². The molecule has 0 aliphatic carbocycles. The van der Waals surface area contributed by atoms with E-state index in [1.54, 1.807) is 0 Å². The predicted octanol–water partition coefficient (Wildman–Crippen LogP) is 0.441. The molecule has 190 valence electrons. The summed E-state index contributed by atoms with van der Waals surface area (Å²) in [4.78, 5) is 8.35. The molecule has 0 heterocycles. The molecule has 18 heteroatoms. The second-order valence-corrected chi connectivity index (χ2v) is 14.1. The van der Waals surface area contributed by atoms with Crippen LogP contribution in [0.1, 0.15) is 38.8 Å². The maximum Gasteiger partial charge on any atom is 0.285 e. The molecule has 0 saturated heterocycles. The summed E-state index contributed by atoms with van der Waals surface area (Å²) in [5, 5.41) is 2.00. The van der Waals surface area contributed by atoms with E-state index in [0.717, 1.165) is 6.08 Å². The van der Waals surface area contributed by atoms with E-state index in [4.69, 9.17) is 27.7 Å². The third-order valence-electron chi connectivity index (χ3n) is 3.48. The van der Waals surface area contributed by atoms with Crippen molar-refractivity contribution >= 4 is 46.6 Å². The average molecular weight is 554 g/mol. The van der Waals surface area contributed by atoms with E-state index in [9.17, 15) is 33.7 Å². The fourth-order valence-corrected chi connectivity index (χ4v) is 7.42. The van der Waals surface area contributed by atoms with E-state index < -0.39 is 61.8 Å². The number of hydrogen-bond acceptors (Lipinski definition) is 12. The van der Waals surface area contributed by atoms with Gasteiger partial charge in [0.1, 0.15) is 11.2 Å². The van der Waals surface area contributed by atoms with Gasteiger partial charge in [-0.1, -0.05) is 24.3 Å². The molecule has 1 aromatic carbocycles. The lowest BCUT2D eigenvalue weighted by Crippen LogP contribution is -2.35. The molecule has 0 unspecified atom stereocenters. The fraction of sp³-hybridized carbons (Fsp3) is 0.533. The van der Waals surface area contributed by atoms with Crippen molar-refractivity contribution in [2.45, 2.75) is 38.9 Å². The molecule has 0 amide bonds. The van der Waals surface area contributed by atoms with Crippen molar-refractivity contribution in [2.24, 2.45) is 0 Å². The molecule has 1 aromatic rings. The fourth-order valence-electron chi connectivity index (χ4n) is 2.67. The quantitative estimate of drug-likeness (QED) is 0.154. The Morgan fingerprint density at radius 2 is 1.00 bits per heavy atom. The monoisotopic (exact) mass is 553 g/mol. The molecule has 0 aliphatic heterocycles. The summed E-state index contributed by atoms with van der Waals surface area (Å²) in [6.45, 7) is 4.98. The van der Waals surface area contributed by atoms with Gasteiger partial charge in [-0.3, -0.25) is 17.5 Å². The van der Waals surface area contributed by atoms with Crippen molar-refractivity contribution in [3.63, 3.8) is 0 Å².